The minimum atomic E-state index is -1.09. The zero-order valence-electron chi connectivity index (χ0n) is 19.0. The minimum absolute atomic E-state index is 0.932. The van der Waals surface area contributed by atoms with Crippen LogP contribution in [0.2, 0.25) is 0 Å². The fourth-order valence-corrected chi connectivity index (χ4v) is 5.57. The van der Waals surface area contributed by atoms with Crippen LogP contribution in [0.3, 0.4) is 0 Å². The molecule has 0 fully saturated rings. The summed E-state index contributed by atoms with van der Waals surface area (Å²) in [5.74, 6) is 0. The Morgan fingerprint density at radius 3 is 1.94 bits per heavy atom. The lowest BCUT2D eigenvalue weighted by atomic mass is 9.86. The van der Waals surface area contributed by atoms with E-state index in [1.54, 1.807) is 0 Å². The number of rotatable bonds is 1. The van der Waals surface area contributed by atoms with Crippen molar-refractivity contribution >= 4 is 32.3 Å². The van der Waals surface area contributed by atoms with E-state index < -0.39 is 5.60 Å². The van der Waals surface area contributed by atoms with Crippen molar-refractivity contribution < 1.29 is 5.11 Å². The Morgan fingerprint density at radius 2 is 1.15 bits per heavy atom. The van der Waals surface area contributed by atoms with Gasteiger partial charge in [-0.1, -0.05) is 110 Å². The van der Waals surface area contributed by atoms with Crippen molar-refractivity contribution in [2.45, 2.75) is 25.9 Å². The molecule has 1 aliphatic rings. The Morgan fingerprint density at radius 1 is 0.576 bits per heavy atom. The molecule has 1 unspecified atom stereocenters. The van der Waals surface area contributed by atoms with Crippen LogP contribution in [0.15, 0.2) is 103 Å². The number of hydrogen-bond acceptors (Lipinski definition) is 1. The molecule has 1 aliphatic carbocycles. The van der Waals surface area contributed by atoms with Gasteiger partial charge in [0.2, 0.25) is 0 Å². The monoisotopic (exact) mass is 426 g/mol. The van der Waals surface area contributed by atoms with Gasteiger partial charge in [0, 0.05) is 11.1 Å². The number of fused-ring (bicyclic) bond motifs is 9. The van der Waals surface area contributed by atoms with Gasteiger partial charge in [0.15, 0.2) is 0 Å². The van der Waals surface area contributed by atoms with E-state index in [0.717, 1.165) is 44.8 Å². The third kappa shape index (κ3) is 2.97. The van der Waals surface area contributed by atoms with Crippen LogP contribution < -0.4 is 0 Å². The minimum Gasteiger partial charge on any atom is -0.381 e. The molecule has 6 rings (SSSR count). The van der Waals surface area contributed by atoms with Crippen molar-refractivity contribution in [3.8, 4) is 11.1 Å². The average Bonchev–Trinajstić information content (AvgIpc) is 3.08. The lowest BCUT2D eigenvalue weighted by Crippen LogP contribution is -2.20. The molecule has 1 N–H and O–H groups in total. The van der Waals surface area contributed by atoms with Crippen molar-refractivity contribution in [1.82, 2.24) is 0 Å². The first-order valence-electron chi connectivity index (χ1n) is 11.7. The quantitative estimate of drug-likeness (QED) is 0.269. The predicted octanol–water partition coefficient (Wildman–Crippen LogP) is 8.07. The molecule has 1 nitrogen and oxygen atoms in total. The highest BCUT2D eigenvalue weighted by molar-refractivity contribution is 6.12. The smallest absolute Gasteiger partial charge is 0.114 e. The van der Waals surface area contributed by atoms with Gasteiger partial charge in [-0.05, 0) is 62.4 Å². The SMILES string of the molecule is CCc1ccccccc2ccc3c(c2c1)C(C)(O)c1c-3ccc2c1ccc1ccccc12. The second kappa shape index (κ2) is 7.43. The van der Waals surface area contributed by atoms with E-state index in [1.807, 2.05) is 6.92 Å². The van der Waals surface area contributed by atoms with E-state index in [4.69, 9.17) is 0 Å². The highest BCUT2D eigenvalue weighted by Gasteiger charge is 2.40. The summed E-state index contributed by atoms with van der Waals surface area (Å²) in [6.07, 6.45) is 0.932. The van der Waals surface area contributed by atoms with E-state index in [9.17, 15) is 5.11 Å². The normalized spacial score (nSPS) is 16.6. The summed E-state index contributed by atoms with van der Waals surface area (Å²) in [5.41, 5.74) is 4.42. The summed E-state index contributed by atoms with van der Waals surface area (Å²) < 4.78 is 0. The van der Waals surface area contributed by atoms with Crippen molar-refractivity contribution in [3.05, 3.63) is 120 Å². The van der Waals surface area contributed by atoms with E-state index in [2.05, 4.69) is 110 Å². The van der Waals surface area contributed by atoms with E-state index in [0.29, 0.717) is 0 Å². The second-order valence-electron chi connectivity index (χ2n) is 9.11. The molecule has 0 amide bonds. The number of aliphatic hydroxyl groups is 1. The Bertz CT molecular complexity index is 1620. The molecule has 5 aromatic rings. The maximum absolute atomic E-state index is 12.2. The van der Waals surface area contributed by atoms with Crippen LogP contribution in [0.1, 0.15) is 30.5 Å². The standard InChI is InChI=1S/C32H26O/c1-3-21-10-6-4-5-7-11-23-15-17-27-28-19-18-25-24-13-9-8-12-22(24)14-16-26(25)30(28)32(2,33)31(27)29(23)20-21/h4-20,33H,3H2,1-2H3. The third-order valence-corrected chi connectivity index (χ3v) is 7.13. The summed E-state index contributed by atoms with van der Waals surface area (Å²) in [7, 11) is 0. The highest BCUT2D eigenvalue weighted by Crippen LogP contribution is 2.52. The van der Waals surface area contributed by atoms with Crippen LogP contribution in [0.5, 0.6) is 0 Å². The second-order valence-corrected chi connectivity index (χ2v) is 9.11. The predicted molar refractivity (Wildman–Crippen MR) is 140 cm³/mol. The molecular weight excluding hydrogens is 400 g/mol. The zero-order valence-corrected chi connectivity index (χ0v) is 19.0. The van der Waals surface area contributed by atoms with Gasteiger partial charge in [-0.15, -0.1) is 0 Å². The maximum atomic E-state index is 12.2. The fourth-order valence-electron chi connectivity index (χ4n) is 5.57. The average molecular weight is 427 g/mol. The van der Waals surface area contributed by atoms with Gasteiger partial charge in [-0.2, -0.15) is 0 Å². The first-order chi connectivity index (χ1) is 16.1. The zero-order chi connectivity index (χ0) is 22.6. The van der Waals surface area contributed by atoms with Gasteiger partial charge in [0.05, 0.1) is 0 Å². The van der Waals surface area contributed by atoms with E-state index in [-0.39, 0.29) is 0 Å². The summed E-state index contributed by atoms with van der Waals surface area (Å²) in [4.78, 5) is 0. The van der Waals surface area contributed by atoms with Gasteiger partial charge < -0.3 is 5.11 Å². The Labute approximate surface area is 194 Å². The van der Waals surface area contributed by atoms with Crippen LogP contribution in [-0.2, 0) is 12.0 Å². The third-order valence-electron chi connectivity index (χ3n) is 7.13. The molecule has 0 saturated heterocycles. The molecule has 160 valence electrons. The summed E-state index contributed by atoms with van der Waals surface area (Å²) in [6, 6.07) is 36.4. The van der Waals surface area contributed by atoms with Crippen LogP contribution in [0, 0.1) is 0 Å². The molecule has 1 atom stereocenters. The molecule has 0 radical (unpaired) electrons. The molecule has 5 aromatic carbocycles. The van der Waals surface area contributed by atoms with Gasteiger partial charge in [0.25, 0.3) is 0 Å². The van der Waals surface area contributed by atoms with Crippen LogP contribution in [0.25, 0.3) is 43.4 Å². The lowest BCUT2D eigenvalue weighted by Gasteiger charge is -2.23. The van der Waals surface area contributed by atoms with E-state index >= 15 is 0 Å². The van der Waals surface area contributed by atoms with Crippen LogP contribution in [0.4, 0.5) is 0 Å². The molecular formula is C32H26O. The van der Waals surface area contributed by atoms with Crippen molar-refractivity contribution in [3.63, 3.8) is 0 Å². The molecule has 0 aromatic heterocycles. The summed E-state index contributed by atoms with van der Waals surface area (Å²) >= 11 is 0. The molecule has 0 bridgehead atoms. The Kier molecular flexibility index (Phi) is 4.50. The molecule has 33 heavy (non-hydrogen) atoms. The first-order valence-corrected chi connectivity index (χ1v) is 11.7. The van der Waals surface area contributed by atoms with Gasteiger partial charge in [0.1, 0.15) is 5.60 Å². The Hall–Kier alpha value is -3.68. The number of benzene rings is 4. The van der Waals surface area contributed by atoms with Crippen molar-refractivity contribution in [2.75, 3.05) is 0 Å². The fraction of sp³-hybridized carbons (Fsp3) is 0.125. The van der Waals surface area contributed by atoms with Gasteiger partial charge >= 0.3 is 0 Å². The van der Waals surface area contributed by atoms with Crippen LogP contribution >= 0.6 is 0 Å². The maximum Gasteiger partial charge on any atom is 0.114 e. The number of aryl methyl sites for hydroxylation is 1. The molecule has 1 heteroatoms. The van der Waals surface area contributed by atoms with Crippen molar-refractivity contribution in [1.29, 1.82) is 0 Å². The van der Waals surface area contributed by atoms with Gasteiger partial charge in [-0.25, -0.2) is 0 Å². The van der Waals surface area contributed by atoms with E-state index in [1.165, 1.54) is 21.7 Å². The topological polar surface area (TPSA) is 20.2 Å². The lowest BCUT2D eigenvalue weighted by molar-refractivity contribution is 0.110. The van der Waals surface area contributed by atoms with Gasteiger partial charge in [-0.3, -0.25) is 0 Å². The molecule has 0 saturated carbocycles. The molecule has 0 spiro atoms. The largest absolute Gasteiger partial charge is 0.381 e. The first kappa shape index (κ1) is 20.0. The van der Waals surface area contributed by atoms with Crippen LogP contribution in [-0.4, -0.2) is 5.11 Å². The van der Waals surface area contributed by atoms with Crippen molar-refractivity contribution in [2.24, 2.45) is 0 Å². The highest BCUT2D eigenvalue weighted by atomic mass is 16.3. The Balaban J connectivity index is 1.75. The number of hydrogen-bond donors (Lipinski definition) is 1. The summed E-state index contributed by atoms with van der Waals surface area (Å²) in [5, 5.41) is 19.2. The molecule has 0 aliphatic heterocycles. The molecule has 0 heterocycles. The summed E-state index contributed by atoms with van der Waals surface area (Å²) in [6.45, 7) is 4.14.